The van der Waals surface area contributed by atoms with Gasteiger partial charge in [0.1, 0.15) is 0 Å². The van der Waals surface area contributed by atoms with Crippen LogP contribution in [0, 0.1) is 15.5 Å². The summed E-state index contributed by atoms with van der Waals surface area (Å²) in [5, 5.41) is 23.7. The number of nitro groups is 1. The summed E-state index contributed by atoms with van der Waals surface area (Å²) in [6.07, 6.45) is 1.74. The molecule has 0 unspecified atom stereocenters. The molecular weight excluding hydrogens is 324 g/mol. The lowest BCUT2D eigenvalue weighted by Crippen LogP contribution is -2.36. The van der Waals surface area contributed by atoms with E-state index in [-0.39, 0.29) is 22.6 Å². The predicted molar refractivity (Wildman–Crippen MR) is 82.6 cm³/mol. The molecule has 112 valence electrons. The van der Waals surface area contributed by atoms with Gasteiger partial charge in [-0.3, -0.25) is 10.1 Å². The lowest BCUT2D eigenvalue weighted by Gasteiger charge is -2.29. The van der Waals surface area contributed by atoms with Gasteiger partial charge in [-0.1, -0.05) is 29.8 Å². The van der Waals surface area contributed by atoms with Gasteiger partial charge in [-0.25, -0.2) is 0 Å². The van der Waals surface area contributed by atoms with Gasteiger partial charge in [-0.05, 0) is 25.0 Å². The highest BCUT2D eigenvalue weighted by Crippen LogP contribution is 2.26. The lowest BCUT2D eigenvalue weighted by molar-refractivity contribution is -0.385. The average Bonchev–Trinajstić information content (AvgIpc) is 2.45. The number of hydrogen-bond donors (Lipinski definition) is 2. The molecule has 0 saturated heterocycles. The summed E-state index contributed by atoms with van der Waals surface area (Å²) in [6, 6.07) is 5.05. The van der Waals surface area contributed by atoms with Crippen LogP contribution in [0.5, 0.6) is 0 Å². The third-order valence-electron chi connectivity index (χ3n) is 3.89. The van der Waals surface area contributed by atoms with E-state index < -0.39 is 0 Å². The third kappa shape index (κ3) is 4.26. The molecule has 6 heteroatoms. The van der Waals surface area contributed by atoms with Crippen LogP contribution in [0.25, 0.3) is 0 Å². The number of hydrogen-bond acceptors (Lipinski definition) is 4. The zero-order valence-corrected chi connectivity index (χ0v) is 13.4. The molecule has 0 aliphatic rings. The fourth-order valence-corrected chi connectivity index (χ4v) is 2.45. The SMILES string of the molecule is CCC(CC)(CO)CNCc1ccc(Br)cc1[N+](=O)[O-]. The van der Waals surface area contributed by atoms with E-state index in [1.165, 1.54) is 6.07 Å². The Morgan fingerprint density at radius 2 is 2.05 bits per heavy atom. The summed E-state index contributed by atoms with van der Waals surface area (Å²) in [4.78, 5) is 10.6. The molecular formula is C14H21BrN2O3. The molecule has 1 rings (SSSR count). The Morgan fingerprint density at radius 1 is 1.40 bits per heavy atom. The molecule has 0 bridgehead atoms. The van der Waals surface area contributed by atoms with E-state index in [1.54, 1.807) is 12.1 Å². The van der Waals surface area contributed by atoms with Crippen molar-refractivity contribution < 1.29 is 10.0 Å². The molecule has 0 radical (unpaired) electrons. The lowest BCUT2D eigenvalue weighted by atomic mass is 9.83. The molecule has 0 amide bonds. The monoisotopic (exact) mass is 344 g/mol. The standard InChI is InChI=1S/C14H21BrN2O3/c1-3-14(4-2,10-18)9-16-8-11-5-6-12(15)7-13(11)17(19)20/h5-7,16,18H,3-4,8-10H2,1-2H3. The first-order valence-electron chi connectivity index (χ1n) is 6.72. The highest BCUT2D eigenvalue weighted by Gasteiger charge is 2.25. The fourth-order valence-electron chi connectivity index (χ4n) is 2.10. The number of nitro benzene ring substituents is 1. The van der Waals surface area contributed by atoms with Gasteiger partial charge in [0.05, 0.1) is 4.92 Å². The van der Waals surface area contributed by atoms with E-state index in [4.69, 9.17) is 0 Å². The Hall–Kier alpha value is -0.980. The smallest absolute Gasteiger partial charge is 0.275 e. The van der Waals surface area contributed by atoms with E-state index in [9.17, 15) is 15.2 Å². The second kappa shape index (κ2) is 7.71. The van der Waals surface area contributed by atoms with Crippen LogP contribution >= 0.6 is 15.9 Å². The molecule has 0 aliphatic carbocycles. The van der Waals surface area contributed by atoms with Gasteiger partial charge >= 0.3 is 0 Å². The maximum atomic E-state index is 11.0. The first kappa shape index (κ1) is 17.1. The van der Waals surface area contributed by atoms with Gasteiger partial charge in [-0.2, -0.15) is 0 Å². The summed E-state index contributed by atoms with van der Waals surface area (Å²) in [5.41, 5.74) is 0.608. The molecule has 0 atom stereocenters. The molecule has 20 heavy (non-hydrogen) atoms. The highest BCUT2D eigenvalue weighted by atomic mass is 79.9. The summed E-state index contributed by atoms with van der Waals surface area (Å²) in [7, 11) is 0. The van der Waals surface area contributed by atoms with Crippen LogP contribution in [0.4, 0.5) is 5.69 Å². The maximum Gasteiger partial charge on any atom is 0.275 e. The minimum atomic E-state index is -0.374. The molecule has 1 aromatic carbocycles. The van der Waals surface area contributed by atoms with Gasteiger partial charge < -0.3 is 10.4 Å². The largest absolute Gasteiger partial charge is 0.396 e. The molecule has 0 spiro atoms. The molecule has 2 N–H and O–H groups in total. The quantitative estimate of drug-likeness (QED) is 0.560. The second-order valence-electron chi connectivity index (χ2n) is 5.00. The van der Waals surface area contributed by atoms with Crippen LogP contribution < -0.4 is 5.32 Å². The molecule has 5 nitrogen and oxygen atoms in total. The highest BCUT2D eigenvalue weighted by molar-refractivity contribution is 9.10. The Morgan fingerprint density at radius 3 is 2.55 bits per heavy atom. The fraction of sp³-hybridized carbons (Fsp3) is 0.571. The van der Waals surface area contributed by atoms with Crippen LogP contribution in [-0.2, 0) is 6.54 Å². The van der Waals surface area contributed by atoms with Gasteiger partial charge in [0.2, 0.25) is 0 Å². The topological polar surface area (TPSA) is 75.4 Å². The molecule has 0 aliphatic heterocycles. The van der Waals surface area contributed by atoms with Crippen LogP contribution in [0.15, 0.2) is 22.7 Å². The van der Waals surface area contributed by atoms with Crippen molar-refractivity contribution in [1.29, 1.82) is 0 Å². The average molecular weight is 345 g/mol. The Kier molecular flexibility index (Phi) is 6.58. The van der Waals surface area contributed by atoms with E-state index in [1.807, 2.05) is 13.8 Å². The van der Waals surface area contributed by atoms with Gasteiger partial charge in [0, 0.05) is 41.2 Å². The van der Waals surface area contributed by atoms with E-state index in [0.717, 1.165) is 12.8 Å². The van der Waals surface area contributed by atoms with Crippen LogP contribution in [0.1, 0.15) is 32.3 Å². The molecule has 0 aromatic heterocycles. The summed E-state index contributed by atoms with van der Waals surface area (Å²) >= 11 is 3.24. The van der Waals surface area contributed by atoms with Crippen molar-refractivity contribution in [3.63, 3.8) is 0 Å². The van der Waals surface area contributed by atoms with Crippen molar-refractivity contribution in [1.82, 2.24) is 5.32 Å². The minimum Gasteiger partial charge on any atom is -0.396 e. The number of benzene rings is 1. The number of rotatable bonds is 8. The van der Waals surface area contributed by atoms with E-state index in [0.29, 0.717) is 23.1 Å². The second-order valence-corrected chi connectivity index (χ2v) is 5.91. The summed E-state index contributed by atoms with van der Waals surface area (Å²) in [5.74, 6) is 0. The normalized spacial score (nSPS) is 11.6. The van der Waals surface area contributed by atoms with Gasteiger partial charge in [-0.15, -0.1) is 0 Å². The minimum absolute atomic E-state index is 0.106. The Bertz CT molecular complexity index is 453. The number of halogens is 1. The first-order chi connectivity index (χ1) is 9.48. The van der Waals surface area contributed by atoms with Crippen molar-refractivity contribution in [3.8, 4) is 0 Å². The molecule has 0 heterocycles. The van der Waals surface area contributed by atoms with Gasteiger partial charge in [0.25, 0.3) is 5.69 Å². The zero-order valence-electron chi connectivity index (χ0n) is 11.9. The summed E-state index contributed by atoms with van der Waals surface area (Å²) < 4.78 is 0.694. The van der Waals surface area contributed by atoms with Crippen molar-refractivity contribution in [2.45, 2.75) is 33.2 Å². The van der Waals surface area contributed by atoms with Crippen molar-refractivity contribution in [2.75, 3.05) is 13.2 Å². The third-order valence-corrected chi connectivity index (χ3v) is 4.39. The van der Waals surface area contributed by atoms with Crippen LogP contribution in [-0.4, -0.2) is 23.2 Å². The first-order valence-corrected chi connectivity index (χ1v) is 7.51. The Balaban J connectivity index is 2.73. The number of aliphatic hydroxyl groups excluding tert-OH is 1. The van der Waals surface area contributed by atoms with Crippen LogP contribution in [0.3, 0.4) is 0 Å². The van der Waals surface area contributed by atoms with Crippen LogP contribution in [0.2, 0.25) is 0 Å². The number of nitrogens with one attached hydrogen (secondary N) is 1. The predicted octanol–water partition coefficient (Wildman–Crippen LogP) is 3.25. The molecule has 0 fully saturated rings. The number of nitrogens with zero attached hydrogens (tertiary/aromatic N) is 1. The van der Waals surface area contributed by atoms with Crippen molar-refractivity contribution >= 4 is 21.6 Å². The van der Waals surface area contributed by atoms with E-state index >= 15 is 0 Å². The zero-order chi connectivity index (χ0) is 15.2. The number of aliphatic hydroxyl groups is 1. The summed E-state index contributed by atoms with van der Waals surface area (Å²) in [6.45, 7) is 5.28. The van der Waals surface area contributed by atoms with E-state index in [2.05, 4.69) is 21.2 Å². The Labute approximate surface area is 127 Å². The molecule has 1 aromatic rings. The molecule has 0 saturated carbocycles. The van der Waals surface area contributed by atoms with Gasteiger partial charge in [0.15, 0.2) is 0 Å². The van der Waals surface area contributed by atoms with Crippen molar-refractivity contribution in [3.05, 3.63) is 38.3 Å². The van der Waals surface area contributed by atoms with Crippen molar-refractivity contribution in [2.24, 2.45) is 5.41 Å². The maximum absolute atomic E-state index is 11.0.